The van der Waals surface area contributed by atoms with Crippen molar-refractivity contribution in [2.24, 2.45) is 0 Å². The fourth-order valence-corrected chi connectivity index (χ4v) is 0.873. The lowest BCUT2D eigenvalue weighted by molar-refractivity contribution is 0.209. The molecule has 50 valence electrons. The summed E-state index contributed by atoms with van der Waals surface area (Å²) >= 11 is 0. The van der Waals surface area contributed by atoms with Crippen LogP contribution in [0.4, 0.5) is 0 Å². The van der Waals surface area contributed by atoms with Crippen LogP contribution in [0.15, 0.2) is 0 Å². The molecule has 0 radical (unpaired) electrons. The molecule has 1 atom stereocenters. The SMILES string of the molecule is CC(CO[SiH3])N(C)C. The first-order valence-corrected chi connectivity index (χ1v) is 3.65. The smallest absolute Gasteiger partial charge is 0.146 e. The Kier molecular flexibility index (Phi) is 4.13. The van der Waals surface area contributed by atoms with Gasteiger partial charge in [-0.25, -0.2) is 0 Å². The zero-order valence-electron chi connectivity index (χ0n) is 6.14. The van der Waals surface area contributed by atoms with Crippen molar-refractivity contribution in [3.8, 4) is 0 Å². The second-order valence-electron chi connectivity index (χ2n) is 2.27. The van der Waals surface area contributed by atoms with E-state index >= 15 is 0 Å². The highest BCUT2D eigenvalue weighted by Gasteiger charge is 2.00. The van der Waals surface area contributed by atoms with Gasteiger partial charge in [0.15, 0.2) is 0 Å². The Hall–Kier alpha value is 0.137. The van der Waals surface area contributed by atoms with E-state index in [1.54, 1.807) is 0 Å². The molecule has 0 rings (SSSR count). The lowest BCUT2D eigenvalue weighted by Gasteiger charge is -2.18. The van der Waals surface area contributed by atoms with Gasteiger partial charge in [-0.2, -0.15) is 0 Å². The molecule has 0 fully saturated rings. The van der Waals surface area contributed by atoms with E-state index in [2.05, 4.69) is 25.9 Å². The van der Waals surface area contributed by atoms with Crippen molar-refractivity contribution in [3.63, 3.8) is 0 Å². The molecule has 0 aromatic rings. The van der Waals surface area contributed by atoms with Crippen molar-refractivity contribution in [3.05, 3.63) is 0 Å². The molecule has 0 saturated carbocycles. The molecule has 1 unspecified atom stereocenters. The summed E-state index contributed by atoms with van der Waals surface area (Å²) in [5.41, 5.74) is 0. The van der Waals surface area contributed by atoms with E-state index in [-0.39, 0.29) is 0 Å². The van der Waals surface area contributed by atoms with Crippen molar-refractivity contribution in [1.29, 1.82) is 0 Å². The van der Waals surface area contributed by atoms with Crippen LogP contribution in [0.25, 0.3) is 0 Å². The van der Waals surface area contributed by atoms with E-state index in [4.69, 9.17) is 4.43 Å². The molecule has 0 aromatic carbocycles. The summed E-state index contributed by atoms with van der Waals surface area (Å²) in [5, 5.41) is 0. The summed E-state index contributed by atoms with van der Waals surface area (Å²) in [6, 6.07) is 0.562. The van der Waals surface area contributed by atoms with E-state index in [1.165, 1.54) is 0 Å². The number of nitrogens with zero attached hydrogens (tertiary/aromatic N) is 1. The van der Waals surface area contributed by atoms with Crippen molar-refractivity contribution in [1.82, 2.24) is 4.90 Å². The van der Waals surface area contributed by atoms with Crippen LogP contribution < -0.4 is 0 Å². The zero-order chi connectivity index (χ0) is 6.57. The molecule has 3 heteroatoms. The predicted octanol–water partition coefficient (Wildman–Crippen LogP) is -0.767. The Morgan fingerprint density at radius 2 is 2.12 bits per heavy atom. The molecule has 0 aliphatic heterocycles. The molecule has 0 amide bonds. The van der Waals surface area contributed by atoms with Crippen LogP contribution in [0.5, 0.6) is 0 Å². The summed E-state index contributed by atoms with van der Waals surface area (Å²) in [4.78, 5) is 2.15. The third-order valence-corrected chi connectivity index (χ3v) is 1.62. The Labute approximate surface area is 54.4 Å². The molecule has 0 saturated heterocycles. The van der Waals surface area contributed by atoms with E-state index in [0.29, 0.717) is 6.04 Å². The van der Waals surface area contributed by atoms with Crippen LogP contribution in [0.1, 0.15) is 6.92 Å². The lowest BCUT2D eigenvalue weighted by atomic mass is 10.3. The number of rotatable bonds is 3. The highest BCUT2D eigenvalue weighted by atomic mass is 28.2. The molecule has 0 spiro atoms. The van der Waals surface area contributed by atoms with E-state index in [9.17, 15) is 0 Å². The average Bonchev–Trinajstić information content (AvgIpc) is 1.67. The Balaban J connectivity index is 3.17. The van der Waals surface area contributed by atoms with E-state index in [0.717, 1.165) is 17.1 Å². The largest absolute Gasteiger partial charge is 0.426 e. The van der Waals surface area contributed by atoms with Crippen LogP contribution in [0, 0.1) is 0 Å². The molecule has 0 bridgehead atoms. The average molecular weight is 133 g/mol. The number of hydrogen-bond acceptors (Lipinski definition) is 2. The van der Waals surface area contributed by atoms with Gasteiger partial charge in [-0.3, -0.25) is 0 Å². The Morgan fingerprint density at radius 1 is 1.62 bits per heavy atom. The van der Waals surface area contributed by atoms with Gasteiger partial charge in [-0.1, -0.05) is 0 Å². The summed E-state index contributed by atoms with van der Waals surface area (Å²) in [6.45, 7) is 3.02. The summed E-state index contributed by atoms with van der Waals surface area (Å²) in [7, 11) is 4.98. The minimum absolute atomic E-state index is 0.562. The van der Waals surface area contributed by atoms with Crippen molar-refractivity contribution in [2.45, 2.75) is 13.0 Å². The number of hydrogen-bond donors (Lipinski definition) is 0. The molecule has 8 heavy (non-hydrogen) atoms. The molecule has 0 aliphatic carbocycles. The highest BCUT2D eigenvalue weighted by Crippen LogP contribution is 1.88. The highest BCUT2D eigenvalue weighted by molar-refractivity contribution is 5.97. The minimum Gasteiger partial charge on any atom is -0.426 e. The summed E-state index contributed by atoms with van der Waals surface area (Å²) in [6.07, 6.45) is 0. The van der Waals surface area contributed by atoms with Gasteiger partial charge in [0, 0.05) is 12.6 Å². The van der Waals surface area contributed by atoms with Crippen LogP contribution in [0.3, 0.4) is 0 Å². The van der Waals surface area contributed by atoms with Gasteiger partial charge < -0.3 is 9.33 Å². The van der Waals surface area contributed by atoms with Crippen molar-refractivity contribution in [2.75, 3.05) is 20.7 Å². The van der Waals surface area contributed by atoms with Gasteiger partial charge >= 0.3 is 0 Å². The predicted molar refractivity (Wildman–Crippen MR) is 39.0 cm³/mol. The molecule has 0 aliphatic rings. The van der Waals surface area contributed by atoms with E-state index in [1.807, 2.05) is 0 Å². The topological polar surface area (TPSA) is 12.5 Å². The fraction of sp³-hybridized carbons (Fsp3) is 1.00. The Morgan fingerprint density at radius 3 is 2.25 bits per heavy atom. The first-order valence-electron chi connectivity index (χ1n) is 2.84. The lowest BCUT2D eigenvalue weighted by Crippen LogP contribution is -2.28. The molecule has 0 aromatic heterocycles. The number of likely N-dealkylation sites (N-methyl/N-ethyl adjacent to an activating group) is 1. The van der Waals surface area contributed by atoms with E-state index < -0.39 is 0 Å². The van der Waals surface area contributed by atoms with Gasteiger partial charge in [-0.05, 0) is 21.0 Å². The standard InChI is InChI=1S/C5H15NOSi/c1-5(4-7-8)6(2)3/h5H,4H2,1-3,8H3. The quantitative estimate of drug-likeness (QED) is 0.469. The Bertz CT molecular complexity index is 58.4. The van der Waals surface area contributed by atoms with Gasteiger partial charge in [0.25, 0.3) is 0 Å². The van der Waals surface area contributed by atoms with Crippen LogP contribution in [0.2, 0.25) is 0 Å². The van der Waals surface area contributed by atoms with Crippen LogP contribution in [-0.4, -0.2) is 42.1 Å². The van der Waals surface area contributed by atoms with Crippen LogP contribution >= 0.6 is 0 Å². The molecule has 0 heterocycles. The maximum atomic E-state index is 5.06. The molecular weight excluding hydrogens is 118 g/mol. The second-order valence-corrected chi connectivity index (χ2v) is 2.85. The van der Waals surface area contributed by atoms with Crippen molar-refractivity contribution < 1.29 is 4.43 Å². The zero-order valence-corrected chi connectivity index (χ0v) is 8.14. The monoisotopic (exact) mass is 133 g/mol. The van der Waals surface area contributed by atoms with Crippen LogP contribution in [-0.2, 0) is 4.43 Å². The van der Waals surface area contributed by atoms with Gasteiger partial charge in [0.2, 0.25) is 0 Å². The maximum Gasteiger partial charge on any atom is 0.146 e. The maximum absolute atomic E-state index is 5.06. The molecular formula is C5H15NOSi. The molecule has 0 N–H and O–H groups in total. The third-order valence-electron chi connectivity index (χ3n) is 1.29. The third kappa shape index (κ3) is 3.18. The minimum atomic E-state index is 0.562. The molecule has 2 nitrogen and oxygen atoms in total. The normalized spacial score (nSPS) is 15.0. The van der Waals surface area contributed by atoms with Gasteiger partial charge in [0.1, 0.15) is 10.5 Å². The van der Waals surface area contributed by atoms with Gasteiger partial charge in [0.05, 0.1) is 0 Å². The first kappa shape index (κ1) is 8.14. The van der Waals surface area contributed by atoms with Crippen molar-refractivity contribution >= 4 is 10.5 Å². The summed E-state index contributed by atoms with van der Waals surface area (Å²) < 4.78 is 5.06. The second kappa shape index (κ2) is 4.06. The summed E-state index contributed by atoms with van der Waals surface area (Å²) in [5.74, 6) is 0. The fourth-order valence-electron chi connectivity index (χ4n) is 0.390. The first-order chi connectivity index (χ1) is 3.68. The van der Waals surface area contributed by atoms with Gasteiger partial charge in [-0.15, -0.1) is 0 Å².